The van der Waals surface area contributed by atoms with E-state index in [1.807, 2.05) is 6.08 Å². The Kier molecular flexibility index (Phi) is 16.3. The molecule has 0 aromatic rings. The van der Waals surface area contributed by atoms with E-state index in [-0.39, 0.29) is 6.04 Å². The number of aldehydes is 1. The van der Waals surface area contributed by atoms with E-state index < -0.39 is 0 Å². The summed E-state index contributed by atoms with van der Waals surface area (Å²) in [6.45, 7) is 2.19. The van der Waals surface area contributed by atoms with Crippen LogP contribution in [0.2, 0.25) is 0 Å². The maximum atomic E-state index is 10.7. The van der Waals surface area contributed by atoms with Crippen LogP contribution in [-0.4, -0.2) is 12.3 Å². The Morgan fingerprint density at radius 2 is 1.48 bits per heavy atom. The van der Waals surface area contributed by atoms with E-state index in [1.54, 1.807) is 0 Å². The molecule has 0 aliphatic heterocycles. The summed E-state index contributed by atoms with van der Waals surface area (Å²) < 4.78 is 0. The van der Waals surface area contributed by atoms with Crippen molar-refractivity contribution in [3.63, 3.8) is 0 Å². The zero-order valence-electron chi connectivity index (χ0n) is 13.8. The third-order valence-corrected chi connectivity index (χ3v) is 3.79. The SMILES string of the molecule is CCCCCCC(/C=C/CCCCCCCCC=O)N=O. The quantitative estimate of drug-likeness (QED) is 0.152. The molecule has 122 valence electrons. The van der Waals surface area contributed by atoms with Crippen LogP contribution in [0.3, 0.4) is 0 Å². The molecule has 0 N–H and O–H groups in total. The van der Waals surface area contributed by atoms with Crippen LogP contribution in [0.1, 0.15) is 90.4 Å². The Morgan fingerprint density at radius 1 is 0.857 bits per heavy atom. The molecule has 0 radical (unpaired) electrons. The Hall–Kier alpha value is -0.990. The van der Waals surface area contributed by atoms with Crippen LogP contribution in [0.15, 0.2) is 17.3 Å². The number of hydrogen-bond donors (Lipinski definition) is 0. The molecule has 0 saturated heterocycles. The summed E-state index contributed by atoms with van der Waals surface area (Å²) in [5, 5.41) is 3.20. The van der Waals surface area contributed by atoms with Gasteiger partial charge in [0.2, 0.25) is 0 Å². The maximum absolute atomic E-state index is 10.7. The highest BCUT2D eigenvalue weighted by Gasteiger charge is 2.02. The van der Waals surface area contributed by atoms with Crippen molar-refractivity contribution < 1.29 is 4.79 Å². The highest BCUT2D eigenvalue weighted by atomic mass is 16.3. The number of allylic oxidation sites excluding steroid dienone is 1. The first-order valence-electron chi connectivity index (χ1n) is 8.77. The Bertz CT molecular complexity index is 264. The van der Waals surface area contributed by atoms with Crippen molar-refractivity contribution in [3.05, 3.63) is 17.1 Å². The fourth-order valence-electron chi connectivity index (χ4n) is 2.41. The zero-order valence-corrected chi connectivity index (χ0v) is 13.8. The predicted octanol–water partition coefficient (Wildman–Crippen LogP) is 5.97. The number of rotatable bonds is 16. The lowest BCUT2D eigenvalue weighted by Gasteiger charge is -2.03. The minimum Gasteiger partial charge on any atom is -0.303 e. The highest BCUT2D eigenvalue weighted by molar-refractivity contribution is 5.48. The smallest absolute Gasteiger partial charge is 0.119 e. The van der Waals surface area contributed by atoms with Gasteiger partial charge in [0.15, 0.2) is 0 Å². The summed E-state index contributed by atoms with van der Waals surface area (Å²) in [7, 11) is 0. The lowest BCUT2D eigenvalue weighted by atomic mass is 10.1. The average molecular weight is 295 g/mol. The molecule has 1 unspecified atom stereocenters. The second-order valence-electron chi connectivity index (χ2n) is 5.82. The van der Waals surface area contributed by atoms with Gasteiger partial charge in [0.1, 0.15) is 12.3 Å². The maximum Gasteiger partial charge on any atom is 0.119 e. The van der Waals surface area contributed by atoms with Crippen molar-refractivity contribution in [1.29, 1.82) is 0 Å². The summed E-state index contributed by atoms with van der Waals surface area (Å²) in [4.78, 5) is 20.9. The van der Waals surface area contributed by atoms with Crippen LogP contribution in [0.4, 0.5) is 0 Å². The number of carbonyl (C=O) groups is 1. The Balaban J connectivity index is 3.42. The molecule has 0 saturated carbocycles. The first-order valence-corrected chi connectivity index (χ1v) is 8.77. The van der Waals surface area contributed by atoms with Gasteiger partial charge in [-0.05, 0) is 25.7 Å². The minimum atomic E-state index is -0.120. The third kappa shape index (κ3) is 15.2. The van der Waals surface area contributed by atoms with Gasteiger partial charge >= 0.3 is 0 Å². The van der Waals surface area contributed by atoms with Crippen LogP contribution in [-0.2, 0) is 4.79 Å². The highest BCUT2D eigenvalue weighted by Crippen LogP contribution is 2.11. The molecule has 21 heavy (non-hydrogen) atoms. The molecule has 0 spiro atoms. The van der Waals surface area contributed by atoms with Gasteiger partial charge in [-0.15, -0.1) is 0 Å². The topological polar surface area (TPSA) is 46.5 Å². The average Bonchev–Trinajstić information content (AvgIpc) is 2.51. The molecule has 0 aliphatic carbocycles. The van der Waals surface area contributed by atoms with E-state index in [0.29, 0.717) is 6.42 Å². The van der Waals surface area contributed by atoms with Crippen LogP contribution in [0.25, 0.3) is 0 Å². The number of nitrogens with zero attached hydrogens (tertiary/aromatic N) is 1. The van der Waals surface area contributed by atoms with Gasteiger partial charge in [0.05, 0.1) is 0 Å². The minimum absolute atomic E-state index is 0.120. The standard InChI is InChI=1S/C18H33NO2/c1-2-3-4-12-15-18(19-21)16-13-10-8-6-5-7-9-11-14-17-20/h13,16-18H,2-12,14-15H2,1H3/b16-13+. The van der Waals surface area contributed by atoms with E-state index >= 15 is 0 Å². The normalized spacial score (nSPS) is 12.6. The van der Waals surface area contributed by atoms with E-state index in [2.05, 4.69) is 18.2 Å². The van der Waals surface area contributed by atoms with E-state index in [4.69, 9.17) is 0 Å². The molecular weight excluding hydrogens is 262 g/mol. The Labute approximate surface area is 130 Å². The van der Waals surface area contributed by atoms with Crippen LogP contribution in [0.5, 0.6) is 0 Å². The van der Waals surface area contributed by atoms with Gasteiger partial charge in [-0.1, -0.05) is 75.6 Å². The first-order chi connectivity index (χ1) is 10.3. The lowest BCUT2D eigenvalue weighted by Crippen LogP contribution is -1.98. The zero-order chi connectivity index (χ0) is 15.6. The van der Waals surface area contributed by atoms with Crippen molar-refractivity contribution in [2.45, 2.75) is 96.4 Å². The third-order valence-electron chi connectivity index (χ3n) is 3.79. The molecule has 0 amide bonds. The predicted molar refractivity (Wildman–Crippen MR) is 90.5 cm³/mol. The number of carbonyl (C=O) groups excluding carboxylic acids is 1. The van der Waals surface area contributed by atoms with Crippen molar-refractivity contribution in [1.82, 2.24) is 0 Å². The molecular formula is C18H33NO2. The van der Waals surface area contributed by atoms with Gasteiger partial charge in [0, 0.05) is 6.42 Å². The van der Waals surface area contributed by atoms with Crippen molar-refractivity contribution in [2.75, 3.05) is 0 Å². The molecule has 0 bridgehead atoms. The second kappa shape index (κ2) is 17.1. The fraction of sp³-hybridized carbons (Fsp3) is 0.833. The molecule has 0 aromatic carbocycles. The summed E-state index contributed by atoms with van der Waals surface area (Å²) >= 11 is 0. The number of nitroso groups, excluding NO2 is 1. The molecule has 3 heteroatoms. The van der Waals surface area contributed by atoms with Gasteiger partial charge in [0.25, 0.3) is 0 Å². The van der Waals surface area contributed by atoms with Crippen LogP contribution >= 0.6 is 0 Å². The fourth-order valence-corrected chi connectivity index (χ4v) is 2.41. The molecule has 0 rings (SSSR count). The van der Waals surface area contributed by atoms with Crippen LogP contribution < -0.4 is 0 Å². The molecule has 0 aromatic heterocycles. The molecule has 1 atom stereocenters. The first kappa shape index (κ1) is 20.0. The molecule has 0 heterocycles. The number of unbranched alkanes of at least 4 members (excludes halogenated alkanes) is 10. The molecule has 0 aliphatic rings. The van der Waals surface area contributed by atoms with E-state index in [9.17, 15) is 9.70 Å². The van der Waals surface area contributed by atoms with Crippen molar-refractivity contribution >= 4 is 6.29 Å². The van der Waals surface area contributed by atoms with Crippen molar-refractivity contribution in [3.8, 4) is 0 Å². The van der Waals surface area contributed by atoms with E-state index in [1.165, 1.54) is 51.4 Å². The monoisotopic (exact) mass is 295 g/mol. The summed E-state index contributed by atoms with van der Waals surface area (Å²) in [5.74, 6) is 0. The van der Waals surface area contributed by atoms with Gasteiger partial charge in [-0.2, -0.15) is 4.91 Å². The lowest BCUT2D eigenvalue weighted by molar-refractivity contribution is -0.107. The van der Waals surface area contributed by atoms with Gasteiger partial charge in [-0.3, -0.25) is 0 Å². The van der Waals surface area contributed by atoms with Crippen molar-refractivity contribution in [2.24, 2.45) is 5.18 Å². The Morgan fingerprint density at radius 3 is 2.10 bits per heavy atom. The largest absolute Gasteiger partial charge is 0.303 e. The summed E-state index contributed by atoms with van der Waals surface area (Å²) in [6, 6.07) is -0.120. The van der Waals surface area contributed by atoms with Crippen LogP contribution in [0, 0.1) is 4.91 Å². The van der Waals surface area contributed by atoms with Gasteiger partial charge in [-0.25, -0.2) is 0 Å². The second-order valence-corrected chi connectivity index (χ2v) is 5.82. The summed E-state index contributed by atoms with van der Waals surface area (Å²) in [6.07, 6.45) is 19.7. The van der Waals surface area contributed by atoms with E-state index in [0.717, 1.165) is 32.0 Å². The number of hydrogen-bond acceptors (Lipinski definition) is 3. The molecule has 0 fully saturated rings. The van der Waals surface area contributed by atoms with Gasteiger partial charge < -0.3 is 4.79 Å². The molecule has 3 nitrogen and oxygen atoms in total. The summed E-state index contributed by atoms with van der Waals surface area (Å²) in [5.41, 5.74) is 0.